The molecule has 0 saturated heterocycles. The summed E-state index contributed by atoms with van der Waals surface area (Å²) in [5, 5.41) is 0. The Morgan fingerprint density at radius 3 is 1.94 bits per heavy atom. The number of ether oxygens (including phenoxy) is 1. The van der Waals surface area contributed by atoms with E-state index in [0.717, 1.165) is 11.1 Å². The van der Waals surface area contributed by atoms with Gasteiger partial charge in [-0.15, -0.1) is 0 Å². The van der Waals surface area contributed by atoms with Gasteiger partial charge in [-0.2, -0.15) is 0 Å². The normalized spacial score (nSPS) is 8.31. The van der Waals surface area contributed by atoms with Crippen LogP contribution in [0.5, 0.6) is 0 Å². The molecule has 16 heavy (non-hydrogen) atoms. The third-order valence-corrected chi connectivity index (χ3v) is 1.72. The second-order valence-electron chi connectivity index (χ2n) is 2.79. The SMILES string of the molecule is C=Cc1ccccc1C=C.CCOC(N)=O. The van der Waals surface area contributed by atoms with E-state index in [-0.39, 0.29) is 0 Å². The van der Waals surface area contributed by atoms with Gasteiger partial charge in [0.05, 0.1) is 6.61 Å². The first-order valence-electron chi connectivity index (χ1n) is 4.91. The maximum Gasteiger partial charge on any atom is 0.404 e. The van der Waals surface area contributed by atoms with Gasteiger partial charge >= 0.3 is 6.09 Å². The van der Waals surface area contributed by atoms with E-state index < -0.39 is 6.09 Å². The first kappa shape index (κ1) is 14.0. The van der Waals surface area contributed by atoms with Crippen LogP contribution in [0.2, 0.25) is 0 Å². The molecule has 0 aliphatic rings. The molecule has 0 aromatic heterocycles. The lowest BCUT2D eigenvalue weighted by Crippen LogP contribution is -2.11. The van der Waals surface area contributed by atoms with Crippen molar-refractivity contribution in [2.24, 2.45) is 5.73 Å². The average molecular weight is 219 g/mol. The number of carbonyl (C=O) groups excluding carboxylic acids is 1. The number of nitrogens with two attached hydrogens (primary N) is 1. The Hall–Kier alpha value is -2.03. The van der Waals surface area contributed by atoms with Gasteiger partial charge in [-0.1, -0.05) is 49.6 Å². The summed E-state index contributed by atoms with van der Waals surface area (Å²) in [5.74, 6) is 0. The molecule has 0 unspecified atom stereocenters. The molecule has 3 heteroatoms. The summed E-state index contributed by atoms with van der Waals surface area (Å²) in [6.07, 6.45) is 2.95. The minimum absolute atomic E-state index is 0.356. The molecular weight excluding hydrogens is 202 g/mol. The van der Waals surface area contributed by atoms with Crippen molar-refractivity contribution in [1.29, 1.82) is 0 Å². The number of carbonyl (C=O) groups is 1. The predicted octanol–water partition coefficient (Wildman–Crippen LogP) is 3.07. The smallest absolute Gasteiger partial charge is 0.404 e. The van der Waals surface area contributed by atoms with E-state index in [1.807, 2.05) is 36.4 Å². The Bertz CT molecular complexity index is 332. The lowest BCUT2D eigenvalue weighted by atomic mass is 10.1. The van der Waals surface area contributed by atoms with E-state index in [1.165, 1.54) is 0 Å². The quantitative estimate of drug-likeness (QED) is 0.849. The van der Waals surface area contributed by atoms with Gasteiger partial charge in [-0.25, -0.2) is 4.79 Å². The monoisotopic (exact) mass is 219 g/mol. The van der Waals surface area contributed by atoms with Crippen LogP contribution in [0.25, 0.3) is 12.2 Å². The van der Waals surface area contributed by atoms with Crippen molar-refractivity contribution in [3.63, 3.8) is 0 Å². The maximum absolute atomic E-state index is 9.60. The largest absolute Gasteiger partial charge is 0.450 e. The minimum Gasteiger partial charge on any atom is -0.450 e. The van der Waals surface area contributed by atoms with Crippen LogP contribution in [0.3, 0.4) is 0 Å². The number of primary amides is 1. The Morgan fingerprint density at radius 1 is 1.31 bits per heavy atom. The molecule has 0 heterocycles. The van der Waals surface area contributed by atoms with E-state index in [0.29, 0.717) is 6.61 Å². The Morgan fingerprint density at radius 2 is 1.75 bits per heavy atom. The van der Waals surface area contributed by atoms with Crippen LogP contribution in [-0.4, -0.2) is 12.7 Å². The fourth-order valence-electron chi connectivity index (χ4n) is 1.02. The highest BCUT2D eigenvalue weighted by Crippen LogP contribution is 2.10. The number of hydrogen-bond donors (Lipinski definition) is 1. The second-order valence-corrected chi connectivity index (χ2v) is 2.79. The molecule has 3 nitrogen and oxygen atoms in total. The van der Waals surface area contributed by atoms with E-state index in [1.54, 1.807) is 6.92 Å². The number of amides is 1. The zero-order valence-corrected chi connectivity index (χ0v) is 9.48. The topological polar surface area (TPSA) is 52.3 Å². The predicted molar refractivity (Wildman–Crippen MR) is 67.8 cm³/mol. The summed E-state index contributed by atoms with van der Waals surface area (Å²) in [6, 6.07) is 8.02. The number of hydrogen-bond acceptors (Lipinski definition) is 2. The van der Waals surface area contributed by atoms with E-state index in [2.05, 4.69) is 23.6 Å². The summed E-state index contributed by atoms with van der Waals surface area (Å²) >= 11 is 0. The highest BCUT2D eigenvalue weighted by atomic mass is 16.5. The lowest BCUT2D eigenvalue weighted by Gasteiger charge is -1.96. The third-order valence-electron chi connectivity index (χ3n) is 1.72. The zero-order valence-electron chi connectivity index (χ0n) is 9.48. The summed E-state index contributed by atoms with van der Waals surface area (Å²) in [5.41, 5.74) is 6.81. The Balaban J connectivity index is 0.000000325. The first-order chi connectivity index (χ1) is 7.65. The molecule has 0 atom stereocenters. The van der Waals surface area contributed by atoms with Crippen LogP contribution in [0.4, 0.5) is 4.79 Å². The van der Waals surface area contributed by atoms with Gasteiger partial charge in [0.1, 0.15) is 0 Å². The molecule has 2 N–H and O–H groups in total. The number of benzene rings is 1. The highest BCUT2D eigenvalue weighted by Gasteiger charge is 1.89. The highest BCUT2D eigenvalue weighted by molar-refractivity contribution is 5.64. The van der Waals surface area contributed by atoms with Gasteiger partial charge in [0.25, 0.3) is 0 Å². The van der Waals surface area contributed by atoms with Crippen LogP contribution in [-0.2, 0) is 4.74 Å². The summed E-state index contributed by atoms with van der Waals surface area (Å²) in [7, 11) is 0. The maximum atomic E-state index is 9.60. The average Bonchev–Trinajstić information content (AvgIpc) is 2.29. The molecule has 1 rings (SSSR count). The van der Waals surface area contributed by atoms with Crippen molar-refractivity contribution >= 4 is 18.2 Å². The minimum atomic E-state index is -0.711. The van der Waals surface area contributed by atoms with Gasteiger partial charge < -0.3 is 10.5 Å². The second kappa shape index (κ2) is 8.29. The van der Waals surface area contributed by atoms with Crippen molar-refractivity contribution in [3.8, 4) is 0 Å². The summed E-state index contributed by atoms with van der Waals surface area (Å²) in [4.78, 5) is 9.60. The molecule has 0 fully saturated rings. The zero-order chi connectivity index (χ0) is 12.4. The molecule has 0 aliphatic carbocycles. The summed E-state index contributed by atoms with van der Waals surface area (Å²) in [6.45, 7) is 9.44. The molecule has 0 saturated carbocycles. The molecule has 0 bridgehead atoms. The van der Waals surface area contributed by atoms with Crippen molar-refractivity contribution in [2.45, 2.75) is 6.92 Å². The van der Waals surface area contributed by atoms with Gasteiger partial charge in [0, 0.05) is 0 Å². The van der Waals surface area contributed by atoms with Crippen molar-refractivity contribution < 1.29 is 9.53 Å². The molecular formula is C13H17NO2. The first-order valence-corrected chi connectivity index (χ1v) is 4.91. The molecule has 86 valence electrons. The molecule has 0 spiro atoms. The van der Waals surface area contributed by atoms with Crippen LogP contribution in [0.15, 0.2) is 37.4 Å². The van der Waals surface area contributed by atoms with Crippen molar-refractivity contribution in [1.82, 2.24) is 0 Å². The molecule has 0 aliphatic heterocycles. The van der Waals surface area contributed by atoms with Crippen LogP contribution >= 0.6 is 0 Å². The van der Waals surface area contributed by atoms with Crippen LogP contribution in [0, 0.1) is 0 Å². The van der Waals surface area contributed by atoms with Gasteiger partial charge in [-0.05, 0) is 18.1 Å². The third kappa shape index (κ3) is 5.65. The Labute approximate surface area is 96.2 Å². The molecule has 1 aromatic carbocycles. The van der Waals surface area contributed by atoms with Gasteiger partial charge in [0.2, 0.25) is 0 Å². The molecule has 1 aromatic rings. The fourth-order valence-corrected chi connectivity index (χ4v) is 1.02. The van der Waals surface area contributed by atoms with Crippen LogP contribution in [0.1, 0.15) is 18.1 Å². The van der Waals surface area contributed by atoms with E-state index in [9.17, 15) is 4.79 Å². The molecule has 0 radical (unpaired) electrons. The van der Waals surface area contributed by atoms with E-state index >= 15 is 0 Å². The molecule has 1 amide bonds. The summed E-state index contributed by atoms with van der Waals surface area (Å²) < 4.78 is 4.18. The van der Waals surface area contributed by atoms with Crippen molar-refractivity contribution in [2.75, 3.05) is 6.61 Å². The fraction of sp³-hybridized carbons (Fsp3) is 0.154. The van der Waals surface area contributed by atoms with Crippen LogP contribution < -0.4 is 5.73 Å². The Kier molecular flexibility index (Phi) is 7.24. The number of rotatable bonds is 3. The lowest BCUT2D eigenvalue weighted by molar-refractivity contribution is 0.163. The van der Waals surface area contributed by atoms with Gasteiger partial charge in [0.15, 0.2) is 0 Å². The van der Waals surface area contributed by atoms with E-state index in [4.69, 9.17) is 0 Å². The standard InChI is InChI=1S/C10H10.C3H7NO2/c1-3-9-7-5-6-8-10(9)4-2;1-2-6-3(4)5/h3-8H,1-2H2;2H2,1H3,(H2,4,5). The van der Waals surface area contributed by atoms with Gasteiger partial charge in [-0.3, -0.25) is 0 Å². The van der Waals surface area contributed by atoms with Crippen molar-refractivity contribution in [3.05, 3.63) is 48.6 Å².